The smallest absolute Gasteiger partial charge is 0.0930 e. The first-order valence-corrected chi connectivity index (χ1v) is 12.7. The second-order valence-corrected chi connectivity index (χ2v) is 10.5. The number of aryl methyl sites for hydroxylation is 3. The van der Waals surface area contributed by atoms with Gasteiger partial charge in [-0.25, -0.2) is 0 Å². The van der Waals surface area contributed by atoms with Crippen LogP contribution in [0.3, 0.4) is 0 Å². The molecule has 0 N–H and O–H groups in total. The Morgan fingerprint density at radius 2 is 1.70 bits per heavy atom. The van der Waals surface area contributed by atoms with Crippen molar-refractivity contribution in [2.75, 3.05) is 0 Å². The third-order valence-corrected chi connectivity index (χ3v) is 6.70. The average Bonchev–Trinajstić information content (AvgIpc) is 3.29. The van der Waals surface area contributed by atoms with Gasteiger partial charge in [-0.05, 0) is 65.7 Å². The van der Waals surface area contributed by atoms with Crippen molar-refractivity contribution in [1.29, 1.82) is 0 Å². The predicted octanol–water partition coefficient (Wildman–Crippen LogP) is 8.33. The molecule has 1 radical (unpaired) electrons. The molecule has 2 aromatic carbocycles. The topological polar surface area (TPSA) is 38.9 Å². The van der Waals surface area contributed by atoms with Crippen LogP contribution in [0.2, 0.25) is 0 Å². The number of fused-ring (bicyclic) bond motifs is 3. The van der Waals surface area contributed by atoms with Crippen LogP contribution >= 0.6 is 0 Å². The summed E-state index contributed by atoms with van der Waals surface area (Å²) in [5, 5.41) is 1.25. The Morgan fingerprint density at radius 1 is 0.865 bits per heavy atom. The van der Waals surface area contributed by atoms with Gasteiger partial charge in [0.05, 0.1) is 11.3 Å². The molecular weight excluding hydrogens is 633 g/mol. The maximum absolute atomic E-state index is 6.23. The van der Waals surface area contributed by atoms with Gasteiger partial charge in [0.2, 0.25) is 0 Å². The molecule has 1 aliphatic rings. The molecule has 0 aliphatic heterocycles. The van der Waals surface area contributed by atoms with E-state index < -0.39 is 0 Å². The van der Waals surface area contributed by atoms with E-state index in [0.717, 1.165) is 40.9 Å². The van der Waals surface area contributed by atoms with Crippen molar-refractivity contribution in [2.24, 2.45) is 0 Å². The summed E-state index contributed by atoms with van der Waals surface area (Å²) in [7, 11) is 0. The standard InChI is InChI=1S/C21H22NO.C12H10N.Ir/c1-21(2,3)14-11-12-22-18(13-14)17-9-6-8-16-15-7-4-5-10-19(15)23-20(16)17;1-10-7-8-12(13-9-10)11-5-3-2-4-6-11;/h6,8,11-13H,4-5,7,10H2,1-3H3;2-5,7-9H,1H3;/q2*-1;. The summed E-state index contributed by atoms with van der Waals surface area (Å²) < 4.78 is 6.23. The third kappa shape index (κ3) is 6.09. The number of nitrogens with zero attached hydrogens (tertiary/aromatic N) is 2. The quantitative estimate of drug-likeness (QED) is 0.178. The van der Waals surface area contributed by atoms with Crippen LogP contribution in [-0.2, 0) is 38.4 Å². The van der Waals surface area contributed by atoms with Gasteiger partial charge in [0, 0.05) is 38.9 Å². The molecule has 0 spiro atoms. The Bertz CT molecular complexity index is 1460. The van der Waals surface area contributed by atoms with E-state index >= 15 is 0 Å². The number of pyridine rings is 2. The van der Waals surface area contributed by atoms with Crippen molar-refractivity contribution in [3.05, 3.63) is 108 Å². The normalized spacial score (nSPS) is 12.8. The molecule has 191 valence electrons. The molecule has 37 heavy (non-hydrogen) atoms. The Kier molecular flexibility index (Phi) is 8.42. The Morgan fingerprint density at radius 3 is 2.43 bits per heavy atom. The van der Waals surface area contributed by atoms with Gasteiger partial charge < -0.3 is 14.4 Å². The summed E-state index contributed by atoms with van der Waals surface area (Å²) >= 11 is 0. The van der Waals surface area contributed by atoms with E-state index in [-0.39, 0.29) is 25.5 Å². The van der Waals surface area contributed by atoms with Crippen LogP contribution in [0.25, 0.3) is 33.5 Å². The Balaban J connectivity index is 0.000000195. The van der Waals surface area contributed by atoms with Crippen molar-refractivity contribution in [3.63, 3.8) is 0 Å². The zero-order valence-electron chi connectivity index (χ0n) is 21.9. The minimum Gasteiger partial charge on any atom is -0.505 e. The predicted molar refractivity (Wildman–Crippen MR) is 147 cm³/mol. The summed E-state index contributed by atoms with van der Waals surface area (Å²) in [6.07, 6.45) is 8.43. The fraction of sp³-hybridized carbons (Fsp3) is 0.273. The molecule has 6 rings (SSSR count). The van der Waals surface area contributed by atoms with E-state index in [4.69, 9.17) is 4.42 Å². The summed E-state index contributed by atoms with van der Waals surface area (Å²) in [4.78, 5) is 8.91. The van der Waals surface area contributed by atoms with Crippen molar-refractivity contribution in [2.45, 2.75) is 58.8 Å². The Labute approximate surface area is 233 Å². The van der Waals surface area contributed by atoms with Crippen LogP contribution in [0, 0.1) is 19.1 Å². The van der Waals surface area contributed by atoms with Crippen LogP contribution in [-0.4, -0.2) is 9.97 Å². The van der Waals surface area contributed by atoms with E-state index in [0.29, 0.717) is 0 Å². The molecular formula is C33H32IrN2O-2. The minimum absolute atomic E-state index is 0. The fourth-order valence-corrected chi connectivity index (χ4v) is 4.63. The molecule has 0 bridgehead atoms. The van der Waals surface area contributed by atoms with Crippen molar-refractivity contribution >= 4 is 11.0 Å². The number of rotatable bonds is 2. The van der Waals surface area contributed by atoms with E-state index in [9.17, 15) is 0 Å². The summed E-state index contributed by atoms with van der Waals surface area (Å²) in [6, 6.07) is 26.8. The van der Waals surface area contributed by atoms with E-state index in [1.165, 1.54) is 40.7 Å². The molecule has 0 unspecified atom stereocenters. The van der Waals surface area contributed by atoms with E-state index in [2.05, 4.69) is 67.1 Å². The minimum atomic E-state index is 0. The van der Waals surface area contributed by atoms with Crippen LogP contribution in [0.1, 0.15) is 56.1 Å². The van der Waals surface area contributed by atoms with Gasteiger partial charge in [0.25, 0.3) is 0 Å². The maximum Gasteiger partial charge on any atom is 0.0930 e. The molecule has 1 aliphatic carbocycles. The largest absolute Gasteiger partial charge is 0.505 e. The SMILES string of the molecule is CC(C)(C)c1ccnc(-c2[c-]ccc3c4c(oc23)CCCC4)c1.Cc1ccc(-c2[c-]cccc2)nc1.[Ir]. The van der Waals surface area contributed by atoms with Gasteiger partial charge in [-0.3, -0.25) is 0 Å². The van der Waals surface area contributed by atoms with Crippen molar-refractivity contribution < 1.29 is 24.5 Å². The molecule has 0 atom stereocenters. The summed E-state index contributed by atoms with van der Waals surface area (Å²) in [6.45, 7) is 8.71. The van der Waals surface area contributed by atoms with Crippen LogP contribution < -0.4 is 0 Å². The van der Waals surface area contributed by atoms with Crippen LogP contribution in [0.15, 0.2) is 77.5 Å². The number of hydrogen-bond donors (Lipinski definition) is 0. The second-order valence-electron chi connectivity index (χ2n) is 10.5. The number of aromatic nitrogens is 2. The monoisotopic (exact) mass is 665 g/mol. The molecule has 4 heteroatoms. The molecule has 5 aromatic rings. The first-order valence-electron chi connectivity index (χ1n) is 12.7. The summed E-state index contributed by atoms with van der Waals surface area (Å²) in [5.41, 5.74) is 8.88. The number of hydrogen-bond acceptors (Lipinski definition) is 3. The van der Waals surface area contributed by atoms with Crippen molar-refractivity contribution in [3.8, 4) is 22.5 Å². The maximum atomic E-state index is 6.23. The van der Waals surface area contributed by atoms with Crippen LogP contribution in [0.4, 0.5) is 0 Å². The zero-order chi connectivity index (χ0) is 25.1. The number of benzene rings is 2. The fourth-order valence-electron chi connectivity index (χ4n) is 4.63. The molecule has 0 fully saturated rings. The Hall–Kier alpha value is -3.07. The van der Waals surface area contributed by atoms with Gasteiger partial charge in [-0.15, -0.1) is 54.1 Å². The molecule has 3 nitrogen and oxygen atoms in total. The van der Waals surface area contributed by atoms with Gasteiger partial charge in [0.1, 0.15) is 0 Å². The van der Waals surface area contributed by atoms with Gasteiger partial charge in [-0.2, -0.15) is 0 Å². The molecule has 0 saturated carbocycles. The van der Waals surface area contributed by atoms with Gasteiger partial charge >= 0.3 is 0 Å². The summed E-state index contributed by atoms with van der Waals surface area (Å²) in [5.74, 6) is 1.17. The van der Waals surface area contributed by atoms with Gasteiger partial charge in [0.15, 0.2) is 0 Å². The second kappa shape index (κ2) is 11.5. The average molecular weight is 665 g/mol. The molecule has 3 aromatic heterocycles. The zero-order valence-corrected chi connectivity index (χ0v) is 24.3. The molecule has 3 heterocycles. The third-order valence-electron chi connectivity index (χ3n) is 6.70. The molecule has 0 saturated heterocycles. The van der Waals surface area contributed by atoms with Gasteiger partial charge in [-0.1, -0.05) is 49.9 Å². The van der Waals surface area contributed by atoms with Crippen molar-refractivity contribution in [1.82, 2.24) is 9.97 Å². The first kappa shape index (κ1) is 27.0. The van der Waals surface area contributed by atoms with E-state index in [1.807, 2.05) is 55.7 Å². The molecule has 0 amide bonds. The van der Waals surface area contributed by atoms with Crippen LogP contribution in [0.5, 0.6) is 0 Å². The number of furan rings is 1. The first-order chi connectivity index (χ1) is 17.4. The van der Waals surface area contributed by atoms with E-state index in [1.54, 1.807) is 0 Å².